The van der Waals surface area contributed by atoms with E-state index in [1.807, 2.05) is 0 Å². The minimum Gasteiger partial charge on any atom is -0.372 e. The third-order valence-corrected chi connectivity index (χ3v) is 4.59. The molecule has 0 N–H and O–H groups in total. The predicted octanol–water partition coefficient (Wildman–Crippen LogP) is 2.35. The molecule has 110 valence electrons. The van der Waals surface area contributed by atoms with Gasteiger partial charge < -0.3 is 14.7 Å². The molecule has 4 heteroatoms. The first-order valence-corrected chi connectivity index (χ1v) is 7.70. The number of aryl methyl sites for hydroxylation is 1. The maximum atomic E-state index is 14.4. The van der Waals surface area contributed by atoms with E-state index in [-0.39, 0.29) is 5.82 Å². The molecule has 2 heterocycles. The summed E-state index contributed by atoms with van der Waals surface area (Å²) in [6, 6.07) is 3.85. The number of hydrogen-bond donors (Lipinski definition) is 0. The number of piperazine rings is 1. The number of fused-ring (bicyclic) bond motifs is 1. The maximum Gasteiger partial charge on any atom is 0.146 e. The highest BCUT2D eigenvalue weighted by molar-refractivity contribution is 5.65. The topological polar surface area (TPSA) is 9.72 Å². The molecule has 1 fully saturated rings. The van der Waals surface area contributed by atoms with Crippen LogP contribution in [0.1, 0.15) is 18.9 Å². The molecular weight excluding hydrogens is 253 g/mol. The van der Waals surface area contributed by atoms with Crippen LogP contribution in [0.5, 0.6) is 0 Å². The van der Waals surface area contributed by atoms with Gasteiger partial charge in [0.1, 0.15) is 5.82 Å². The fourth-order valence-corrected chi connectivity index (χ4v) is 3.29. The molecule has 20 heavy (non-hydrogen) atoms. The SMILES string of the molecule is CCN1CCCc2cc(F)c(N3CCN(C)CC3)cc21. The zero-order chi connectivity index (χ0) is 14.1. The van der Waals surface area contributed by atoms with Gasteiger partial charge in [-0.05, 0) is 44.5 Å². The molecule has 0 aromatic heterocycles. The first kappa shape index (κ1) is 13.7. The molecule has 2 aliphatic rings. The van der Waals surface area contributed by atoms with Gasteiger partial charge in [0.2, 0.25) is 0 Å². The van der Waals surface area contributed by atoms with Crippen LogP contribution in [0, 0.1) is 5.82 Å². The summed E-state index contributed by atoms with van der Waals surface area (Å²) in [4.78, 5) is 6.86. The van der Waals surface area contributed by atoms with E-state index in [4.69, 9.17) is 0 Å². The molecule has 0 bridgehead atoms. The molecule has 0 radical (unpaired) electrons. The molecule has 3 rings (SSSR count). The monoisotopic (exact) mass is 277 g/mol. The third-order valence-electron chi connectivity index (χ3n) is 4.59. The van der Waals surface area contributed by atoms with Gasteiger partial charge >= 0.3 is 0 Å². The summed E-state index contributed by atoms with van der Waals surface area (Å²) >= 11 is 0. The minimum atomic E-state index is -0.0498. The van der Waals surface area contributed by atoms with Crippen molar-refractivity contribution in [3.63, 3.8) is 0 Å². The quantitative estimate of drug-likeness (QED) is 0.821. The molecular formula is C16H24FN3. The molecule has 1 aromatic carbocycles. The number of hydrogen-bond acceptors (Lipinski definition) is 3. The first-order valence-electron chi connectivity index (χ1n) is 7.70. The number of halogens is 1. The Morgan fingerprint density at radius 3 is 2.50 bits per heavy atom. The van der Waals surface area contributed by atoms with Crippen molar-refractivity contribution in [1.29, 1.82) is 0 Å². The van der Waals surface area contributed by atoms with E-state index >= 15 is 0 Å². The molecule has 1 saturated heterocycles. The molecule has 2 aliphatic heterocycles. The Labute approximate surface area is 121 Å². The highest BCUT2D eigenvalue weighted by Gasteiger charge is 2.22. The van der Waals surface area contributed by atoms with Gasteiger partial charge in [-0.15, -0.1) is 0 Å². The van der Waals surface area contributed by atoms with Gasteiger partial charge in [0.05, 0.1) is 5.69 Å². The highest BCUT2D eigenvalue weighted by Crippen LogP contribution is 2.33. The third kappa shape index (κ3) is 2.49. The molecule has 3 nitrogen and oxygen atoms in total. The highest BCUT2D eigenvalue weighted by atomic mass is 19.1. The number of nitrogens with zero attached hydrogens (tertiary/aromatic N) is 3. The van der Waals surface area contributed by atoms with E-state index in [0.717, 1.165) is 57.8 Å². The predicted molar refractivity (Wildman–Crippen MR) is 82.3 cm³/mol. The van der Waals surface area contributed by atoms with Crippen LogP contribution in [0.15, 0.2) is 12.1 Å². The Morgan fingerprint density at radius 2 is 1.80 bits per heavy atom. The van der Waals surface area contributed by atoms with E-state index in [1.165, 1.54) is 11.3 Å². The van der Waals surface area contributed by atoms with Crippen LogP contribution in [0.3, 0.4) is 0 Å². The molecule has 0 atom stereocenters. The molecule has 0 saturated carbocycles. The zero-order valence-electron chi connectivity index (χ0n) is 12.5. The van der Waals surface area contributed by atoms with Crippen molar-refractivity contribution in [2.75, 3.05) is 56.1 Å². The fraction of sp³-hybridized carbons (Fsp3) is 0.625. The number of anilines is 2. The second-order valence-corrected chi connectivity index (χ2v) is 5.91. The Morgan fingerprint density at radius 1 is 1.05 bits per heavy atom. The Hall–Kier alpha value is -1.29. The van der Waals surface area contributed by atoms with E-state index in [9.17, 15) is 4.39 Å². The van der Waals surface area contributed by atoms with Crippen molar-refractivity contribution in [1.82, 2.24) is 4.90 Å². The maximum absolute atomic E-state index is 14.4. The summed E-state index contributed by atoms with van der Waals surface area (Å²) in [5.74, 6) is -0.0498. The van der Waals surface area contributed by atoms with Crippen LogP contribution in [-0.4, -0.2) is 51.2 Å². The average molecular weight is 277 g/mol. The van der Waals surface area contributed by atoms with E-state index < -0.39 is 0 Å². The van der Waals surface area contributed by atoms with Crippen LogP contribution in [0.25, 0.3) is 0 Å². The van der Waals surface area contributed by atoms with Crippen LogP contribution >= 0.6 is 0 Å². The number of rotatable bonds is 2. The van der Waals surface area contributed by atoms with Gasteiger partial charge in [0.15, 0.2) is 0 Å². The lowest BCUT2D eigenvalue weighted by Gasteiger charge is -2.36. The van der Waals surface area contributed by atoms with Crippen molar-refractivity contribution < 1.29 is 4.39 Å². The standard InChI is InChI=1S/C16H24FN3/c1-3-19-6-4-5-13-11-14(17)16(12-15(13)19)20-9-7-18(2)8-10-20/h11-12H,3-10H2,1-2H3. The van der Waals surface area contributed by atoms with Gasteiger partial charge in [-0.3, -0.25) is 0 Å². The van der Waals surface area contributed by atoms with E-state index in [1.54, 1.807) is 6.07 Å². The van der Waals surface area contributed by atoms with Gasteiger partial charge in [-0.2, -0.15) is 0 Å². The molecule has 0 aliphatic carbocycles. The lowest BCUT2D eigenvalue weighted by atomic mass is 10.00. The smallest absolute Gasteiger partial charge is 0.146 e. The number of likely N-dealkylation sites (N-methyl/N-ethyl adjacent to an activating group) is 1. The second kappa shape index (κ2) is 5.60. The van der Waals surface area contributed by atoms with Gasteiger partial charge in [0, 0.05) is 45.0 Å². The first-order chi connectivity index (χ1) is 9.69. The van der Waals surface area contributed by atoms with Crippen molar-refractivity contribution in [2.45, 2.75) is 19.8 Å². The summed E-state index contributed by atoms with van der Waals surface area (Å²) in [6.45, 7) is 8.12. The molecule has 1 aromatic rings. The second-order valence-electron chi connectivity index (χ2n) is 5.91. The van der Waals surface area contributed by atoms with Gasteiger partial charge in [-0.25, -0.2) is 4.39 Å². The van der Waals surface area contributed by atoms with Crippen LogP contribution in [0.4, 0.5) is 15.8 Å². The normalized spacial score (nSPS) is 20.1. The zero-order valence-corrected chi connectivity index (χ0v) is 12.5. The minimum absolute atomic E-state index is 0.0498. The fourth-order valence-electron chi connectivity index (χ4n) is 3.29. The average Bonchev–Trinajstić information content (AvgIpc) is 2.47. The molecule has 0 amide bonds. The van der Waals surface area contributed by atoms with Crippen molar-refractivity contribution in [3.8, 4) is 0 Å². The largest absolute Gasteiger partial charge is 0.372 e. The Balaban J connectivity index is 1.91. The summed E-state index contributed by atoms with van der Waals surface area (Å²) in [7, 11) is 2.12. The summed E-state index contributed by atoms with van der Waals surface area (Å²) < 4.78 is 14.4. The Kier molecular flexibility index (Phi) is 3.83. The van der Waals surface area contributed by atoms with E-state index in [0.29, 0.717) is 0 Å². The molecule has 0 spiro atoms. The lowest BCUT2D eigenvalue weighted by molar-refractivity contribution is 0.311. The van der Waals surface area contributed by atoms with Crippen molar-refractivity contribution in [2.24, 2.45) is 0 Å². The van der Waals surface area contributed by atoms with Gasteiger partial charge in [-0.1, -0.05) is 0 Å². The van der Waals surface area contributed by atoms with Crippen LogP contribution in [0.2, 0.25) is 0 Å². The van der Waals surface area contributed by atoms with Gasteiger partial charge in [0.25, 0.3) is 0 Å². The van der Waals surface area contributed by atoms with Crippen LogP contribution in [-0.2, 0) is 6.42 Å². The summed E-state index contributed by atoms with van der Waals surface area (Å²) in [5.41, 5.74) is 3.21. The summed E-state index contributed by atoms with van der Waals surface area (Å²) in [5, 5.41) is 0. The lowest BCUT2D eigenvalue weighted by Crippen LogP contribution is -2.45. The van der Waals surface area contributed by atoms with Crippen molar-refractivity contribution in [3.05, 3.63) is 23.5 Å². The molecule has 0 unspecified atom stereocenters. The Bertz CT molecular complexity index is 481. The van der Waals surface area contributed by atoms with Crippen molar-refractivity contribution >= 4 is 11.4 Å². The van der Waals surface area contributed by atoms with E-state index in [2.05, 4.69) is 34.7 Å². The summed E-state index contributed by atoms with van der Waals surface area (Å²) in [6.07, 6.45) is 2.14. The number of benzene rings is 1. The van der Waals surface area contributed by atoms with Crippen LogP contribution < -0.4 is 9.80 Å².